The number of nitriles is 2. The highest BCUT2D eigenvalue weighted by Gasteiger charge is 2.40. The van der Waals surface area contributed by atoms with Crippen LogP contribution in [-0.4, -0.2) is 34.8 Å². The van der Waals surface area contributed by atoms with Crippen LogP contribution in [0.5, 0.6) is 0 Å². The molecule has 0 radical (unpaired) electrons. The number of hydrogen-bond donors (Lipinski definition) is 0. The molecule has 1 saturated heterocycles. The maximum Gasteiger partial charge on any atom is 0.333 e. The van der Waals surface area contributed by atoms with Gasteiger partial charge < -0.3 is 0 Å². The zero-order valence-electron chi connectivity index (χ0n) is 10.5. The Kier molecular flexibility index (Phi) is 3.78. The van der Waals surface area contributed by atoms with Crippen molar-refractivity contribution in [1.29, 1.82) is 10.5 Å². The van der Waals surface area contributed by atoms with Gasteiger partial charge in [0, 0.05) is 0 Å². The minimum absolute atomic E-state index is 0.109. The van der Waals surface area contributed by atoms with Gasteiger partial charge in [-0.15, -0.1) is 0 Å². The number of amides is 3. The summed E-state index contributed by atoms with van der Waals surface area (Å²) in [4.78, 5) is 26.0. The van der Waals surface area contributed by atoms with E-state index < -0.39 is 11.9 Å². The van der Waals surface area contributed by atoms with Gasteiger partial charge in [-0.05, 0) is 11.6 Å². The number of nitrogens with zero attached hydrogens (tertiary/aromatic N) is 4. The Bertz CT molecular complexity index is 652. The molecule has 6 nitrogen and oxygen atoms in total. The lowest BCUT2D eigenvalue weighted by Gasteiger charge is -2.11. The highest BCUT2D eigenvalue weighted by Crippen LogP contribution is 2.22. The van der Waals surface area contributed by atoms with Crippen molar-refractivity contribution in [2.75, 3.05) is 13.1 Å². The topological polar surface area (TPSA) is 88.2 Å². The van der Waals surface area contributed by atoms with Crippen molar-refractivity contribution in [3.05, 3.63) is 41.6 Å². The fourth-order valence-corrected chi connectivity index (χ4v) is 1.87. The SMILES string of the molecule is N#CCN1C(=O)C(=Cc2ccccc2)N(CC#N)C1=O. The van der Waals surface area contributed by atoms with Gasteiger partial charge in [-0.25, -0.2) is 9.69 Å². The molecular weight excluding hydrogens is 256 g/mol. The first-order valence-electron chi connectivity index (χ1n) is 5.83. The van der Waals surface area contributed by atoms with Crippen molar-refractivity contribution in [3.63, 3.8) is 0 Å². The van der Waals surface area contributed by atoms with E-state index >= 15 is 0 Å². The summed E-state index contributed by atoms with van der Waals surface area (Å²) >= 11 is 0. The smallest absolute Gasteiger partial charge is 0.275 e. The van der Waals surface area contributed by atoms with Gasteiger partial charge in [-0.1, -0.05) is 30.3 Å². The van der Waals surface area contributed by atoms with Crippen molar-refractivity contribution in [2.45, 2.75) is 0 Å². The lowest BCUT2D eigenvalue weighted by Crippen LogP contribution is -2.33. The molecule has 0 bridgehead atoms. The van der Waals surface area contributed by atoms with E-state index in [1.54, 1.807) is 30.3 Å². The summed E-state index contributed by atoms with van der Waals surface area (Å²) in [5.74, 6) is -0.560. The molecule has 2 rings (SSSR count). The highest BCUT2D eigenvalue weighted by atomic mass is 16.2. The number of hydrogen-bond acceptors (Lipinski definition) is 4. The summed E-state index contributed by atoms with van der Waals surface area (Å²) in [7, 11) is 0. The van der Waals surface area contributed by atoms with E-state index in [0.29, 0.717) is 0 Å². The number of urea groups is 1. The zero-order valence-corrected chi connectivity index (χ0v) is 10.5. The number of imide groups is 1. The van der Waals surface area contributed by atoms with Gasteiger partial charge in [-0.3, -0.25) is 9.69 Å². The van der Waals surface area contributed by atoms with Crippen LogP contribution in [0.2, 0.25) is 0 Å². The summed E-state index contributed by atoms with van der Waals surface area (Å²) < 4.78 is 0. The van der Waals surface area contributed by atoms with Crippen molar-refractivity contribution in [3.8, 4) is 12.1 Å². The molecule has 0 aliphatic carbocycles. The third-order valence-electron chi connectivity index (χ3n) is 2.78. The molecule has 1 aliphatic rings. The van der Waals surface area contributed by atoms with E-state index in [1.807, 2.05) is 12.1 Å². The van der Waals surface area contributed by atoms with E-state index in [4.69, 9.17) is 10.5 Å². The van der Waals surface area contributed by atoms with E-state index in [9.17, 15) is 9.59 Å². The lowest BCUT2D eigenvalue weighted by atomic mass is 10.2. The van der Waals surface area contributed by atoms with Crippen molar-refractivity contribution in [1.82, 2.24) is 9.80 Å². The van der Waals surface area contributed by atoms with Gasteiger partial charge in [0.15, 0.2) is 0 Å². The van der Waals surface area contributed by atoms with Crippen molar-refractivity contribution < 1.29 is 9.59 Å². The van der Waals surface area contributed by atoms with Crippen LogP contribution >= 0.6 is 0 Å². The average molecular weight is 266 g/mol. The summed E-state index contributed by atoms with van der Waals surface area (Å²) in [6.07, 6.45) is 1.54. The maximum absolute atomic E-state index is 12.1. The van der Waals surface area contributed by atoms with E-state index in [2.05, 4.69) is 0 Å². The third-order valence-corrected chi connectivity index (χ3v) is 2.78. The third kappa shape index (κ3) is 2.36. The molecule has 0 atom stereocenters. The molecule has 1 aromatic rings. The fourth-order valence-electron chi connectivity index (χ4n) is 1.87. The first-order chi connectivity index (χ1) is 9.69. The molecule has 3 amide bonds. The molecule has 0 unspecified atom stereocenters. The predicted molar refractivity (Wildman–Crippen MR) is 69.5 cm³/mol. The van der Waals surface area contributed by atoms with Crippen LogP contribution in [0.25, 0.3) is 6.08 Å². The molecule has 0 spiro atoms. The minimum Gasteiger partial charge on any atom is -0.275 e. The van der Waals surface area contributed by atoms with E-state index in [1.165, 1.54) is 6.08 Å². The monoisotopic (exact) mass is 266 g/mol. The highest BCUT2D eigenvalue weighted by molar-refractivity contribution is 6.14. The summed E-state index contributed by atoms with van der Waals surface area (Å²) in [5.41, 5.74) is 0.850. The van der Waals surface area contributed by atoms with Crippen LogP contribution in [-0.2, 0) is 4.79 Å². The predicted octanol–water partition coefficient (Wildman–Crippen LogP) is 1.34. The van der Waals surface area contributed by atoms with Crippen LogP contribution in [0.15, 0.2) is 36.0 Å². The number of rotatable bonds is 3. The first kappa shape index (κ1) is 13.3. The molecule has 0 aromatic heterocycles. The normalized spacial score (nSPS) is 16.4. The Morgan fingerprint density at radius 3 is 2.20 bits per heavy atom. The summed E-state index contributed by atoms with van der Waals surface area (Å²) in [6, 6.07) is 12.0. The van der Waals surface area contributed by atoms with Gasteiger partial charge in [0.1, 0.15) is 18.8 Å². The average Bonchev–Trinajstić information content (AvgIpc) is 2.67. The van der Waals surface area contributed by atoms with Crippen LogP contribution in [0.4, 0.5) is 4.79 Å². The van der Waals surface area contributed by atoms with Crippen molar-refractivity contribution in [2.24, 2.45) is 0 Å². The Morgan fingerprint density at radius 1 is 1.00 bits per heavy atom. The second-order valence-corrected chi connectivity index (χ2v) is 4.02. The Morgan fingerprint density at radius 2 is 1.60 bits per heavy atom. The van der Waals surface area contributed by atoms with E-state index in [-0.39, 0.29) is 18.8 Å². The van der Waals surface area contributed by atoms with E-state index in [0.717, 1.165) is 15.4 Å². The summed E-state index contributed by atoms with van der Waals surface area (Å²) in [6.45, 7) is -0.559. The van der Waals surface area contributed by atoms with Gasteiger partial charge in [-0.2, -0.15) is 10.5 Å². The van der Waals surface area contributed by atoms with Crippen LogP contribution < -0.4 is 0 Å². The number of benzene rings is 1. The first-order valence-corrected chi connectivity index (χ1v) is 5.83. The largest absolute Gasteiger partial charge is 0.333 e. The van der Waals surface area contributed by atoms with Crippen molar-refractivity contribution >= 4 is 18.0 Å². The summed E-state index contributed by atoms with van der Waals surface area (Å²) in [5, 5.41) is 17.4. The number of carbonyl (C=O) groups excluding carboxylic acids is 2. The quantitative estimate of drug-likeness (QED) is 0.469. The molecule has 0 N–H and O–H groups in total. The Labute approximate surface area is 115 Å². The molecule has 6 heteroatoms. The standard InChI is InChI=1S/C14H10N4O2/c15-6-8-17-12(10-11-4-2-1-3-5-11)13(19)18(9-7-16)14(17)20/h1-5,10H,8-9H2. The lowest BCUT2D eigenvalue weighted by molar-refractivity contribution is -0.122. The van der Waals surface area contributed by atoms with Crippen LogP contribution in [0.1, 0.15) is 5.56 Å². The molecule has 98 valence electrons. The second-order valence-electron chi connectivity index (χ2n) is 4.02. The molecule has 0 saturated carbocycles. The van der Waals surface area contributed by atoms with Crippen LogP contribution in [0, 0.1) is 22.7 Å². The Balaban J connectivity index is 2.42. The van der Waals surface area contributed by atoms with Gasteiger partial charge >= 0.3 is 6.03 Å². The second kappa shape index (κ2) is 5.68. The molecule has 20 heavy (non-hydrogen) atoms. The van der Waals surface area contributed by atoms with Gasteiger partial charge in [0.2, 0.25) is 0 Å². The molecule has 1 aliphatic heterocycles. The van der Waals surface area contributed by atoms with Gasteiger partial charge in [0.05, 0.1) is 12.1 Å². The molecule has 1 heterocycles. The molecule has 1 aromatic carbocycles. The fraction of sp³-hybridized carbons (Fsp3) is 0.143. The molecular formula is C14H10N4O2. The van der Waals surface area contributed by atoms with Gasteiger partial charge in [0.25, 0.3) is 5.91 Å². The molecule has 1 fully saturated rings. The number of carbonyl (C=O) groups is 2. The maximum atomic E-state index is 12.1. The Hall–Kier alpha value is -3.12. The zero-order chi connectivity index (χ0) is 14.5. The minimum atomic E-state index is -0.639. The van der Waals surface area contributed by atoms with Crippen LogP contribution in [0.3, 0.4) is 0 Å².